The van der Waals surface area contributed by atoms with Crippen LogP contribution in [-0.4, -0.2) is 22.7 Å². The van der Waals surface area contributed by atoms with Gasteiger partial charge in [0, 0.05) is 30.1 Å². The molecule has 0 atom stereocenters. The Kier molecular flexibility index (Phi) is 4.76. The van der Waals surface area contributed by atoms with Gasteiger partial charge in [0.25, 0.3) is 5.91 Å². The predicted octanol–water partition coefficient (Wildman–Crippen LogP) is 5.15. The molecule has 0 N–H and O–H groups in total. The number of amides is 1. The van der Waals surface area contributed by atoms with Gasteiger partial charge in [-0.3, -0.25) is 14.7 Å². The van der Waals surface area contributed by atoms with Crippen LogP contribution in [0.25, 0.3) is 10.2 Å². The van der Waals surface area contributed by atoms with Crippen LogP contribution in [-0.2, 0) is 19.4 Å². The molecule has 0 saturated heterocycles. The van der Waals surface area contributed by atoms with Crippen molar-refractivity contribution >= 4 is 32.6 Å². The Hall–Kier alpha value is -3.45. The summed E-state index contributed by atoms with van der Waals surface area (Å²) in [5.41, 5.74) is 5.10. The zero-order valence-electron chi connectivity index (χ0n) is 17.4. The van der Waals surface area contributed by atoms with Gasteiger partial charge in [0.2, 0.25) is 6.79 Å². The molecule has 7 heteroatoms. The molecule has 2 aliphatic rings. The van der Waals surface area contributed by atoms with Gasteiger partial charge in [-0.1, -0.05) is 23.5 Å². The second kappa shape index (κ2) is 7.91. The highest BCUT2D eigenvalue weighted by Crippen LogP contribution is 2.40. The molecule has 0 unspecified atom stereocenters. The molecule has 1 aliphatic heterocycles. The van der Waals surface area contributed by atoms with Crippen molar-refractivity contribution in [2.75, 3.05) is 11.7 Å². The summed E-state index contributed by atoms with van der Waals surface area (Å²) in [7, 11) is 0. The number of anilines is 1. The topological polar surface area (TPSA) is 64.6 Å². The highest BCUT2D eigenvalue weighted by atomic mass is 32.1. The number of nitrogens with zero attached hydrogens (tertiary/aromatic N) is 3. The van der Waals surface area contributed by atoms with Crippen molar-refractivity contribution in [2.24, 2.45) is 0 Å². The summed E-state index contributed by atoms with van der Waals surface area (Å²) in [5.74, 6) is 1.35. The third-order valence-electron chi connectivity index (χ3n) is 6.01. The normalized spacial score (nSPS) is 14.4. The molecular weight excluding hydrogens is 422 g/mol. The summed E-state index contributed by atoms with van der Waals surface area (Å²) in [6.07, 6.45) is 8.05. The second-order valence-corrected chi connectivity index (χ2v) is 9.12. The molecule has 0 saturated carbocycles. The minimum absolute atomic E-state index is 0.0543. The number of aromatic nitrogens is 2. The summed E-state index contributed by atoms with van der Waals surface area (Å²) in [4.78, 5) is 24.5. The van der Waals surface area contributed by atoms with Gasteiger partial charge in [0.15, 0.2) is 16.6 Å². The first-order valence-electron chi connectivity index (χ1n) is 10.8. The molecule has 4 aromatic rings. The van der Waals surface area contributed by atoms with Gasteiger partial charge in [0.1, 0.15) is 0 Å². The smallest absolute Gasteiger partial charge is 0.260 e. The number of benzene rings is 2. The van der Waals surface area contributed by atoms with E-state index in [2.05, 4.69) is 17.1 Å². The number of fused-ring (bicyclic) bond motifs is 3. The summed E-state index contributed by atoms with van der Waals surface area (Å²) in [6.45, 7) is 0.625. The first kappa shape index (κ1) is 19.3. The van der Waals surface area contributed by atoms with E-state index in [1.54, 1.807) is 17.3 Å². The first-order chi connectivity index (χ1) is 15.7. The lowest BCUT2D eigenvalue weighted by Gasteiger charge is -2.22. The average Bonchev–Trinajstić information content (AvgIpc) is 3.46. The van der Waals surface area contributed by atoms with Crippen molar-refractivity contribution < 1.29 is 14.3 Å². The van der Waals surface area contributed by atoms with E-state index in [1.165, 1.54) is 35.3 Å². The molecule has 0 bridgehead atoms. The Balaban J connectivity index is 1.40. The zero-order valence-corrected chi connectivity index (χ0v) is 18.2. The summed E-state index contributed by atoms with van der Waals surface area (Å²) in [5, 5.41) is 0.648. The molecule has 0 radical (unpaired) electrons. The Morgan fingerprint density at radius 3 is 2.72 bits per heavy atom. The maximum absolute atomic E-state index is 13.7. The molecule has 160 valence electrons. The molecule has 6 rings (SSSR count). The molecule has 6 nitrogen and oxygen atoms in total. The fraction of sp³-hybridized carbons (Fsp3) is 0.240. The van der Waals surface area contributed by atoms with E-state index < -0.39 is 0 Å². The fourth-order valence-corrected chi connectivity index (χ4v) is 5.32. The SMILES string of the molecule is O=C(c1ccc2c(c1)CCCC2)N(Cc1cccnc1)c1nc2cc3c(cc2s1)OCO3. The van der Waals surface area contributed by atoms with Crippen molar-refractivity contribution in [3.63, 3.8) is 0 Å². The molecule has 0 spiro atoms. The van der Waals surface area contributed by atoms with Crippen molar-refractivity contribution in [3.8, 4) is 11.5 Å². The van der Waals surface area contributed by atoms with E-state index in [9.17, 15) is 4.79 Å². The van der Waals surface area contributed by atoms with E-state index in [-0.39, 0.29) is 12.7 Å². The monoisotopic (exact) mass is 443 g/mol. The van der Waals surface area contributed by atoms with Gasteiger partial charge in [-0.25, -0.2) is 4.98 Å². The highest BCUT2D eigenvalue weighted by Gasteiger charge is 2.24. The van der Waals surface area contributed by atoms with Crippen molar-refractivity contribution in [1.29, 1.82) is 0 Å². The zero-order chi connectivity index (χ0) is 21.5. The van der Waals surface area contributed by atoms with Gasteiger partial charge in [-0.15, -0.1) is 0 Å². The molecule has 32 heavy (non-hydrogen) atoms. The van der Waals surface area contributed by atoms with E-state index in [0.717, 1.165) is 28.6 Å². The van der Waals surface area contributed by atoms with E-state index in [1.807, 2.05) is 30.3 Å². The Labute approximate surface area is 189 Å². The lowest BCUT2D eigenvalue weighted by Crippen LogP contribution is -2.30. The van der Waals surface area contributed by atoms with Crippen LogP contribution in [0.5, 0.6) is 11.5 Å². The standard InChI is InChI=1S/C25H21N3O3S/c29-24(19-8-7-17-5-1-2-6-18(17)10-19)28(14-16-4-3-9-26-13-16)25-27-20-11-21-22(31-15-30-21)12-23(20)32-25/h3-4,7-13H,1-2,5-6,14-15H2. The van der Waals surface area contributed by atoms with Crippen LogP contribution in [0.2, 0.25) is 0 Å². The van der Waals surface area contributed by atoms with Crippen LogP contribution < -0.4 is 14.4 Å². The van der Waals surface area contributed by atoms with E-state index in [4.69, 9.17) is 14.5 Å². The largest absolute Gasteiger partial charge is 0.454 e. The number of hydrogen-bond donors (Lipinski definition) is 0. The lowest BCUT2D eigenvalue weighted by molar-refractivity contribution is 0.0985. The molecule has 0 fully saturated rings. The Bertz CT molecular complexity index is 1280. The molecule has 3 heterocycles. The number of ether oxygens (including phenoxy) is 2. The van der Waals surface area contributed by atoms with Crippen LogP contribution in [0.4, 0.5) is 5.13 Å². The molecule has 1 amide bonds. The van der Waals surface area contributed by atoms with Crippen LogP contribution >= 0.6 is 11.3 Å². The van der Waals surface area contributed by atoms with Crippen LogP contribution in [0.15, 0.2) is 54.9 Å². The van der Waals surface area contributed by atoms with Gasteiger partial charge >= 0.3 is 0 Å². The van der Waals surface area contributed by atoms with Crippen molar-refractivity contribution in [3.05, 3.63) is 77.1 Å². The minimum Gasteiger partial charge on any atom is -0.454 e. The van der Waals surface area contributed by atoms with Gasteiger partial charge in [-0.05, 0) is 60.6 Å². The van der Waals surface area contributed by atoms with Crippen LogP contribution in [0.1, 0.15) is 39.9 Å². The number of aryl methyl sites for hydroxylation is 2. The molecule has 1 aliphatic carbocycles. The van der Waals surface area contributed by atoms with Crippen molar-refractivity contribution in [2.45, 2.75) is 32.2 Å². The Morgan fingerprint density at radius 2 is 1.88 bits per heavy atom. The quantitative estimate of drug-likeness (QED) is 0.437. The Morgan fingerprint density at radius 1 is 1.03 bits per heavy atom. The van der Waals surface area contributed by atoms with Gasteiger partial charge in [-0.2, -0.15) is 0 Å². The number of thiazole rings is 1. The summed E-state index contributed by atoms with van der Waals surface area (Å²) < 4.78 is 12.0. The highest BCUT2D eigenvalue weighted by molar-refractivity contribution is 7.22. The minimum atomic E-state index is -0.0543. The number of pyridine rings is 1. The number of carbonyl (C=O) groups is 1. The van der Waals surface area contributed by atoms with Crippen LogP contribution in [0, 0.1) is 0 Å². The average molecular weight is 444 g/mol. The summed E-state index contributed by atoms with van der Waals surface area (Å²) in [6, 6.07) is 13.8. The number of hydrogen-bond acceptors (Lipinski definition) is 6. The van der Waals surface area contributed by atoms with Crippen LogP contribution in [0.3, 0.4) is 0 Å². The predicted molar refractivity (Wildman–Crippen MR) is 124 cm³/mol. The number of carbonyl (C=O) groups excluding carboxylic acids is 1. The molecule has 2 aromatic carbocycles. The third kappa shape index (κ3) is 3.48. The fourth-order valence-electron chi connectivity index (χ4n) is 4.34. The lowest BCUT2D eigenvalue weighted by atomic mass is 9.90. The van der Waals surface area contributed by atoms with Gasteiger partial charge < -0.3 is 9.47 Å². The first-order valence-corrected chi connectivity index (χ1v) is 11.6. The van der Waals surface area contributed by atoms with E-state index in [0.29, 0.717) is 28.7 Å². The molecule has 2 aromatic heterocycles. The summed E-state index contributed by atoms with van der Waals surface area (Å²) >= 11 is 1.48. The van der Waals surface area contributed by atoms with E-state index >= 15 is 0 Å². The maximum atomic E-state index is 13.7. The number of rotatable bonds is 4. The molecular formula is C25H21N3O3S. The third-order valence-corrected chi connectivity index (χ3v) is 7.05. The van der Waals surface area contributed by atoms with Gasteiger partial charge in [0.05, 0.1) is 16.8 Å². The maximum Gasteiger partial charge on any atom is 0.260 e. The second-order valence-electron chi connectivity index (χ2n) is 8.11. The van der Waals surface area contributed by atoms with Crippen molar-refractivity contribution in [1.82, 2.24) is 9.97 Å².